The van der Waals surface area contributed by atoms with Crippen LogP contribution in [0.1, 0.15) is 11.1 Å². The minimum Gasteiger partial charge on any atom is -0.384 e. The number of rotatable bonds is 9. The Morgan fingerprint density at radius 3 is 1.98 bits per heavy atom. The van der Waals surface area contributed by atoms with Gasteiger partial charge in [-0.1, -0.05) is 72.8 Å². The predicted octanol–water partition coefficient (Wildman–Crippen LogP) is 6.27. The Bertz CT molecular complexity index is 1690. The molecule has 8 heteroatoms. The smallest absolute Gasteiger partial charge is 0.175 e. The molecule has 0 amide bonds. The standard InChI is InChI=1S/C32H31N5O2S/c1-40(38,39)28-18-12-24(13-19-28)22-37(26-10-6-3-7-11-26)27-16-14-25(15-17-27)31-29(20-30(33)36-32(31)34)35-21-23-8-4-2-5-9-23/h2-20H,21-22H2,1H3,(H5,33,34,35,36). The molecule has 0 bridgehead atoms. The van der Waals surface area contributed by atoms with Gasteiger partial charge in [0.1, 0.15) is 11.6 Å². The van der Waals surface area contributed by atoms with Crippen LogP contribution in [0.15, 0.2) is 120 Å². The molecule has 0 saturated heterocycles. The van der Waals surface area contributed by atoms with Gasteiger partial charge in [-0.05, 0) is 53.1 Å². The number of pyridine rings is 1. The van der Waals surface area contributed by atoms with Crippen molar-refractivity contribution in [3.63, 3.8) is 0 Å². The highest BCUT2D eigenvalue weighted by molar-refractivity contribution is 7.90. The van der Waals surface area contributed by atoms with E-state index in [1.165, 1.54) is 6.26 Å². The molecule has 40 heavy (non-hydrogen) atoms. The molecule has 202 valence electrons. The maximum Gasteiger partial charge on any atom is 0.175 e. The molecule has 0 spiro atoms. The predicted molar refractivity (Wildman–Crippen MR) is 164 cm³/mol. The molecule has 5 rings (SSSR count). The van der Waals surface area contributed by atoms with Gasteiger partial charge in [0.2, 0.25) is 0 Å². The third-order valence-corrected chi connectivity index (χ3v) is 7.75. The van der Waals surface area contributed by atoms with Crippen molar-refractivity contribution in [3.05, 3.63) is 126 Å². The van der Waals surface area contributed by atoms with Crippen LogP contribution in [0, 0.1) is 0 Å². The Balaban J connectivity index is 1.46. The Morgan fingerprint density at radius 2 is 1.35 bits per heavy atom. The molecule has 1 aromatic heterocycles. The van der Waals surface area contributed by atoms with E-state index in [1.807, 2.05) is 84.9 Å². The first-order chi connectivity index (χ1) is 19.3. The van der Waals surface area contributed by atoms with Crippen molar-refractivity contribution in [2.75, 3.05) is 27.9 Å². The van der Waals surface area contributed by atoms with Gasteiger partial charge in [0.05, 0.1) is 4.90 Å². The summed E-state index contributed by atoms with van der Waals surface area (Å²) >= 11 is 0. The van der Waals surface area contributed by atoms with Crippen molar-refractivity contribution in [3.8, 4) is 11.1 Å². The second-order valence-electron chi connectivity index (χ2n) is 9.58. The van der Waals surface area contributed by atoms with Gasteiger partial charge >= 0.3 is 0 Å². The summed E-state index contributed by atoms with van der Waals surface area (Å²) in [4.78, 5) is 6.80. The Morgan fingerprint density at radius 1 is 0.750 bits per heavy atom. The largest absolute Gasteiger partial charge is 0.384 e. The molecule has 5 N–H and O–H groups in total. The maximum atomic E-state index is 11.9. The molecule has 1 heterocycles. The first-order valence-corrected chi connectivity index (χ1v) is 14.7. The van der Waals surface area contributed by atoms with Crippen LogP contribution in [0.5, 0.6) is 0 Å². The third kappa shape index (κ3) is 6.24. The summed E-state index contributed by atoms with van der Waals surface area (Å²) in [6.07, 6.45) is 1.21. The van der Waals surface area contributed by atoms with Gasteiger partial charge in [-0.3, -0.25) is 0 Å². The average molecular weight is 550 g/mol. The van der Waals surface area contributed by atoms with Crippen LogP contribution >= 0.6 is 0 Å². The van der Waals surface area contributed by atoms with Crippen LogP contribution in [-0.4, -0.2) is 19.7 Å². The summed E-state index contributed by atoms with van der Waals surface area (Å²) in [7, 11) is -3.26. The fourth-order valence-electron chi connectivity index (χ4n) is 4.59. The lowest BCUT2D eigenvalue weighted by atomic mass is 10.0. The zero-order valence-corrected chi connectivity index (χ0v) is 23.0. The highest BCUT2D eigenvalue weighted by atomic mass is 32.2. The van der Waals surface area contributed by atoms with Crippen LogP contribution in [-0.2, 0) is 22.9 Å². The molecule has 5 aromatic rings. The van der Waals surface area contributed by atoms with Gasteiger partial charge in [0.15, 0.2) is 9.84 Å². The Hall–Kier alpha value is -4.82. The normalized spacial score (nSPS) is 11.2. The highest BCUT2D eigenvalue weighted by Gasteiger charge is 2.15. The topological polar surface area (TPSA) is 114 Å². The molecule has 4 aromatic carbocycles. The summed E-state index contributed by atoms with van der Waals surface area (Å²) in [6, 6.07) is 37.1. The van der Waals surface area contributed by atoms with E-state index in [1.54, 1.807) is 18.2 Å². The molecule has 0 saturated carbocycles. The van der Waals surface area contributed by atoms with Crippen LogP contribution < -0.4 is 21.7 Å². The number of nitrogens with two attached hydrogens (primary N) is 2. The van der Waals surface area contributed by atoms with Crippen molar-refractivity contribution in [2.45, 2.75) is 18.0 Å². The molecular weight excluding hydrogens is 518 g/mol. The summed E-state index contributed by atoms with van der Waals surface area (Å²) < 4.78 is 23.8. The summed E-state index contributed by atoms with van der Waals surface area (Å²) in [5, 5.41) is 3.47. The number of nitrogens with one attached hydrogen (secondary N) is 1. The number of nitrogens with zero attached hydrogens (tertiary/aromatic N) is 2. The van der Waals surface area contributed by atoms with Gasteiger partial charge in [-0.25, -0.2) is 13.4 Å². The SMILES string of the molecule is CS(=O)(=O)c1ccc(CN(c2ccccc2)c2ccc(-c3c(NCc4ccccc4)cc(N)nc3N)cc2)cc1. The number of hydrogen-bond donors (Lipinski definition) is 3. The number of nitrogen functional groups attached to an aromatic ring is 2. The van der Waals surface area contributed by atoms with E-state index in [0.717, 1.165) is 39.3 Å². The molecule has 0 aliphatic carbocycles. The summed E-state index contributed by atoms with van der Waals surface area (Å²) in [6.45, 7) is 1.18. The minimum absolute atomic E-state index is 0.304. The number of para-hydroxylation sites is 1. The van der Waals surface area contributed by atoms with Gasteiger partial charge < -0.3 is 21.7 Å². The summed E-state index contributed by atoms with van der Waals surface area (Å²) in [5.74, 6) is 0.708. The van der Waals surface area contributed by atoms with Gasteiger partial charge in [0, 0.05) is 48.0 Å². The van der Waals surface area contributed by atoms with E-state index >= 15 is 0 Å². The maximum absolute atomic E-state index is 11.9. The average Bonchev–Trinajstić information content (AvgIpc) is 2.95. The fraction of sp³-hybridized carbons (Fsp3) is 0.0938. The molecular formula is C32H31N5O2S. The molecule has 0 aliphatic heterocycles. The van der Waals surface area contributed by atoms with Crippen LogP contribution in [0.3, 0.4) is 0 Å². The van der Waals surface area contributed by atoms with Crippen molar-refractivity contribution in [2.24, 2.45) is 0 Å². The number of sulfone groups is 1. The monoisotopic (exact) mass is 549 g/mol. The van der Waals surface area contributed by atoms with Gasteiger partial charge in [0.25, 0.3) is 0 Å². The van der Waals surface area contributed by atoms with E-state index in [-0.39, 0.29) is 0 Å². The lowest BCUT2D eigenvalue weighted by molar-refractivity contribution is 0.602. The van der Waals surface area contributed by atoms with E-state index < -0.39 is 9.84 Å². The van der Waals surface area contributed by atoms with Crippen LogP contribution in [0.25, 0.3) is 11.1 Å². The minimum atomic E-state index is -3.26. The third-order valence-electron chi connectivity index (χ3n) is 6.62. The highest BCUT2D eigenvalue weighted by Crippen LogP contribution is 2.36. The summed E-state index contributed by atoms with van der Waals surface area (Å²) in [5.41, 5.74) is 19.0. The van der Waals surface area contributed by atoms with Gasteiger partial charge in [-0.2, -0.15) is 0 Å². The second-order valence-corrected chi connectivity index (χ2v) is 11.6. The molecule has 0 fully saturated rings. The lowest BCUT2D eigenvalue weighted by Crippen LogP contribution is -2.16. The number of aromatic nitrogens is 1. The molecule has 0 aliphatic rings. The quantitative estimate of drug-likeness (QED) is 0.199. The second kappa shape index (κ2) is 11.5. The molecule has 0 radical (unpaired) electrons. The molecule has 0 unspecified atom stereocenters. The zero-order chi connectivity index (χ0) is 28.1. The van der Waals surface area contributed by atoms with Crippen molar-refractivity contribution >= 4 is 38.5 Å². The lowest BCUT2D eigenvalue weighted by Gasteiger charge is -2.26. The van der Waals surface area contributed by atoms with Crippen molar-refractivity contribution in [1.82, 2.24) is 4.98 Å². The van der Waals surface area contributed by atoms with Crippen molar-refractivity contribution < 1.29 is 8.42 Å². The molecule has 0 atom stereocenters. The Kier molecular flexibility index (Phi) is 7.70. The number of anilines is 5. The van der Waals surface area contributed by atoms with E-state index in [9.17, 15) is 8.42 Å². The first kappa shape index (κ1) is 26.8. The number of benzene rings is 4. The molecule has 7 nitrogen and oxygen atoms in total. The Labute approximate surface area is 235 Å². The van der Waals surface area contributed by atoms with Crippen molar-refractivity contribution in [1.29, 1.82) is 0 Å². The zero-order valence-electron chi connectivity index (χ0n) is 22.2. The van der Waals surface area contributed by atoms with E-state index in [0.29, 0.717) is 29.6 Å². The first-order valence-electron chi connectivity index (χ1n) is 12.8. The van der Waals surface area contributed by atoms with Crippen LogP contribution in [0.4, 0.5) is 28.7 Å². The number of hydrogen-bond acceptors (Lipinski definition) is 7. The van der Waals surface area contributed by atoms with Crippen LogP contribution in [0.2, 0.25) is 0 Å². The van der Waals surface area contributed by atoms with Gasteiger partial charge in [-0.15, -0.1) is 0 Å². The van der Waals surface area contributed by atoms with E-state index in [4.69, 9.17) is 11.5 Å². The van der Waals surface area contributed by atoms with E-state index in [2.05, 4.69) is 27.3 Å². The fourth-order valence-corrected chi connectivity index (χ4v) is 5.22.